The van der Waals surface area contributed by atoms with Gasteiger partial charge in [-0.1, -0.05) is 6.92 Å². The number of piperidine rings is 1. The Morgan fingerprint density at radius 3 is 2.33 bits per heavy atom. The first kappa shape index (κ1) is 33.5. The Balaban J connectivity index is 0.993. The van der Waals surface area contributed by atoms with E-state index in [0.29, 0.717) is 64.3 Å². The minimum atomic E-state index is -0.888. The molecule has 3 aliphatic heterocycles. The third kappa shape index (κ3) is 5.35. The number of hydrogen-bond donors (Lipinski definition) is 2. The van der Waals surface area contributed by atoms with Crippen molar-refractivity contribution in [2.24, 2.45) is 35.0 Å². The van der Waals surface area contributed by atoms with Gasteiger partial charge in [-0.15, -0.1) is 0 Å². The zero-order chi connectivity index (χ0) is 35.8. The van der Waals surface area contributed by atoms with E-state index < -0.39 is 17.4 Å². The molecule has 5 heterocycles. The second-order valence-electron chi connectivity index (χ2n) is 16.9. The van der Waals surface area contributed by atoms with Crippen molar-refractivity contribution in [1.29, 1.82) is 0 Å². The van der Waals surface area contributed by atoms with Crippen molar-refractivity contribution in [3.63, 3.8) is 0 Å². The molecule has 2 saturated heterocycles. The van der Waals surface area contributed by atoms with E-state index in [9.17, 15) is 19.2 Å². The number of methoxy groups -OCH3 is 1. The molecule has 2 aromatic heterocycles. The molecule has 7 aliphatic rings. The van der Waals surface area contributed by atoms with Crippen LogP contribution in [0.15, 0.2) is 41.0 Å². The number of piperazine rings is 1. The van der Waals surface area contributed by atoms with Gasteiger partial charge in [0.05, 0.1) is 24.8 Å². The fourth-order valence-electron chi connectivity index (χ4n) is 12.1. The number of fused-ring (bicyclic) bond motifs is 5. The summed E-state index contributed by atoms with van der Waals surface area (Å²) in [6.07, 6.45) is 10.8. The largest absolute Gasteiger partial charge is 0.497 e. The van der Waals surface area contributed by atoms with Crippen molar-refractivity contribution < 1.29 is 28.3 Å². The number of aromatic nitrogens is 1. The normalized spacial score (nSPS) is 32.2. The number of hydrogen-bond acceptors (Lipinski definition) is 6. The van der Waals surface area contributed by atoms with E-state index in [1.54, 1.807) is 24.1 Å². The van der Waals surface area contributed by atoms with E-state index in [1.807, 2.05) is 28.0 Å². The number of aromatic amines is 1. The molecule has 11 heteroatoms. The first-order valence-electron chi connectivity index (χ1n) is 19.6. The summed E-state index contributed by atoms with van der Waals surface area (Å²) in [5, 5.41) is 4.37. The molecule has 6 fully saturated rings. The molecule has 2 N–H and O–H groups in total. The molecule has 0 radical (unpaired) electrons. The van der Waals surface area contributed by atoms with Crippen LogP contribution in [0.3, 0.4) is 0 Å². The Hall–Kier alpha value is -4.28. The van der Waals surface area contributed by atoms with Crippen molar-refractivity contribution in [3.05, 3.63) is 53.6 Å². The molecule has 10 rings (SSSR count). The van der Waals surface area contributed by atoms with Crippen LogP contribution in [-0.4, -0.2) is 89.7 Å². The van der Waals surface area contributed by atoms with Gasteiger partial charge in [0.25, 0.3) is 5.91 Å². The fraction of sp³-hybridized carbons (Fsp3) is 0.610. The van der Waals surface area contributed by atoms with Gasteiger partial charge in [0.2, 0.25) is 17.7 Å². The van der Waals surface area contributed by atoms with Crippen LogP contribution in [0.2, 0.25) is 0 Å². The second-order valence-corrected chi connectivity index (χ2v) is 16.9. The zero-order valence-electron chi connectivity index (χ0n) is 30.5. The molecule has 11 nitrogen and oxygen atoms in total. The predicted molar refractivity (Wildman–Crippen MR) is 193 cm³/mol. The molecule has 4 amide bonds. The van der Waals surface area contributed by atoms with Gasteiger partial charge < -0.3 is 34.2 Å². The van der Waals surface area contributed by atoms with Crippen LogP contribution in [-0.2, 0) is 26.3 Å². The summed E-state index contributed by atoms with van der Waals surface area (Å²) in [5.41, 5.74) is 2.32. The van der Waals surface area contributed by atoms with Gasteiger partial charge in [0, 0.05) is 68.2 Å². The Morgan fingerprint density at radius 2 is 1.67 bits per heavy atom. The van der Waals surface area contributed by atoms with Crippen molar-refractivity contribution >= 4 is 34.5 Å². The van der Waals surface area contributed by atoms with Crippen LogP contribution in [0, 0.1) is 35.0 Å². The minimum Gasteiger partial charge on any atom is -0.497 e. The van der Waals surface area contributed by atoms with Crippen molar-refractivity contribution in [2.75, 3.05) is 46.4 Å². The lowest BCUT2D eigenvalue weighted by Crippen LogP contribution is -2.66. The first-order chi connectivity index (χ1) is 25.2. The van der Waals surface area contributed by atoms with Crippen LogP contribution >= 0.6 is 0 Å². The Bertz CT molecular complexity index is 1860. The summed E-state index contributed by atoms with van der Waals surface area (Å²) in [6, 6.07) is 9.34. The highest BCUT2D eigenvalue weighted by Crippen LogP contribution is 2.60. The maximum absolute atomic E-state index is 15.0. The van der Waals surface area contributed by atoms with E-state index in [2.05, 4.69) is 17.2 Å². The summed E-state index contributed by atoms with van der Waals surface area (Å²) >= 11 is 0. The number of amides is 4. The van der Waals surface area contributed by atoms with Gasteiger partial charge in [0.15, 0.2) is 5.76 Å². The number of furan rings is 1. The summed E-state index contributed by atoms with van der Waals surface area (Å²) in [6.45, 7) is 4.82. The number of ether oxygens (including phenoxy) is 1. The highest BCUT2D eigenvalue weighted by atomic mass is 16.5. The van der Waals surface area contributed by atoms with Gasteiger partial charge in [-0.3, -0.25) is 19.2 Å². The topological polar surface area (TPSA) is 128 Å². The van der Waals surface area contributed by atoms with Crippen molar-refractivity contribution in [3.8, 4) is 5.75 Å². The number of benzene rings is 1. The van der Waals surface area contributed by atoms with Crippen molar-refractivity contribution in [1.82, 2.24) is 25.0 Å². The Labute approximate surface area is 304 Å². The summed E-state index contributed by atoms with van der Waals surface area (Å²) in [4.78, 5) is 65.6. The van der Waals surface area contributed by atoms with Gasteiger partial charge in [-0.2, -0.15) is 0 Å². The maximum atomic E-state index is 15.0. The molecular formula is C41H51N5O6. The first-order valence-corrected chi connectivity index (χ1v) is 19.6. The molecule has 3 atom stereocenters. The molecular weight excluding hydrogens is 658 g/mol. The average molecular weight is 710 g/mol. The van der Waals surface area contributed by atoms with E-state index in [1.165, 1.54) is 44.8 Å². The molecule has 276 valence electrons. The SMILES string of the molecule is CC[C@]12c3[nH]c4ccc(OC)cc4c3CCN1C(=O)C(CC(=O)NCC13CC4CC(CC(C4)C1)C3)C[C@@H]2C(=O)N1CCN(C(=O)c2ccco2)CC1. The molecule has 1 aromatic carbocycles. The highest BCUT2D eigenvalue weighted by molar-refractivity contribution is 5.94. The number of rotatable bonds is 8. The maximum Gasteiger partial charge on any atom is 0.289 e. The van der Waals surface area contributed by atoms with E-state index in [0.717, 1.165) is 45.7 Å². The third-order valence-corrected chi connectivity index (χ3v) is 14.0. The zero-order valence-corrected chi connectivity index (χ0v) is 30.5. The predicted octanol–water partition coefficient (Wildman–Crippen LogP) is 5.10. The van der Waals surface area contributed by atoms with Gasteiger partial charge >= 0.3 is 0 Å². The molecule has 52 heavy (non-hydrogen) atoms. The minimum absolute atomic E-state index is 0.0208. The van der Waals surface area contributed by atoms with Crippen LogP contribution in [0.4, 0.5) is 0 Å². The van der Waals surface area contributed by atoms with Gasteiger partial charge in [-0.25, -0.2) is 0 Å². The lowest BCUT2D eigenvalue weighted by atomic mass is 9.49. The summed E-state index contributed by atoms with van der Waals surface area (Å²) in [5.74, 6) is 2.00. The van der Waals surface area contributed by atoms with Crippen LogP contribution in [0.5, 0.6) is 5.75 Å². The van der Waals surface area contributed by atoms with Crippen molar-refractivity contribution in [2.45, 2.75) is 76.7 Å². The monoisotopic (exact) mass is 709 g/mol. The standard InChI is InChI=1S/C41H51N5O6/c1-3-41-32(38(49)44-10-12-45(13-11-44)39(50)34-5-4-14-52-34)18-28(19-35(47)42-24-40-21-25-15-26(22-40)17-27(16-25)23-40)37(48)46(41)9-8-30-31-20-29(51-2)6-7-33(31)43-36(30)41/h4-7,14,20,25-28,32,43H,3,8-13,15-19,21-24H2,1-2H3,(H,42,47)/t25?,26?,27?,28?,32-,40?,41+/m1/s1. The van der Waals surface area contributed by atoms with Gasteiger partial charge in [0.1, 0.15) is 5.75 Å². The molecule has 4 bridgehead atoms. The number of H-pyrrole nitrogens is 1. The summed E-state index contributed by atoms with van der Waals surface area (Å²) < 4.78 is 10.9. The van der Waals surface area contributed by atoms with Gasteiger partial charge in [-0.05, 0) is 117 Å². The lowest BCUT2D eigenvalue weighted by molar-refractivity contribution is -0.167. The highest BCUT2D eigenvalue weighted by Gasteiger charge is 2.59. The van der Waals surface area contributed by atoms with E-state index in [4.69, 9.17) is 9.15 Å². The molecule has 0 spiro atoms. The number of nitrogens with one attached hydrogen (secondary N) is 2. The van der Waals surface area contributed by atoms with Crippen LogP contribution < -0.4 is 10.1 Å². The quantitative estimate of drug-likeness (QED) is 0.335. The molecule has 3 aromatic rings. The second kappa shape index (κ2) is 12.7. The lowest BCUT2D eigenvalue weighted by Gasteiger charge is -2.57. The smallest absolute Gasteiger partial charge is 0.289 e. The fourth-order valence-corrected chi connectivity index (χ4v) is 12.1. The third-order valence-electron chi connectivity index (χ3n) is 14.0. The van der Waals surface area contributed by atoms with E-state index >= 15 is 0 Å². The Morgan fingerprint density at radius 1 is 0.962 bits per heavy atom. The van der Waals surface area contributed by atoms with Crippen LogP contribution in [0.1, 0.15) is 86.5 Å². The Kier molecular flexibility index (Phi) is 8.19. The number of nitrogens with zero attached hydrogens (tertiary/aromatic N) is 3. The summed E-state index contributed by atoms with van der Waals surface area (Å²) in [7, 11) is 1.66. The number of carbonyl (C=O) groups is 4. The van der Waals surface area contributed by atoms with E-state index in [-0.39, 0.29) is 35.5 Å². The van der Waals surface area contributed by atoms with Crippen LogP contribution in [0.25, 0.3) is 10.9 Å². The molecule has 4 aliphatic carbocycles. The average Bonchev–Trinajstić information content (AvgIpc) is 3.83. The molecule has 1 unspecified atom stereocenters. The molecule has 4 saturated carbocycles. The number of carbonyl (C=O) groups excluding carboxylic acids is 4.